The Balaban J connectivity index is 2.87. The van der Waals surface area contributed by atoms with Crippen molar-refractivity contribution in [3.8, 4) is 0 Å². The fraction of sp³-hybridized carbons (Fsp3) is 0.222. The van der Waals surface area contributed by atoms with Gasteiger partial charge in [0, 0.05) is 6.20 Å². The number of nitrogens with zero attached hydrogens (tertiary/aromatic N) is 2. The highest BCUT2D eigenvalue weighted by atomic mass is 15.0. The number of hydrogen-bond acceptors (Lipinski definition) is 1. The van der Waals surface area contributed by atoms with Gasteiger partial charge in [-0.3, -0.25) is 0 Å². The molecule has 0 bridgehead atoms. The molecule has 0 fully saturated rings. The number of aryl methyl sites for hydroxylation is 2. The quantitative estimate of drug-likeness (QED) is 0.555. The molecule has 0 aromatic carbocycles. The molecule has 0 radical (unpaired) electrons. The minimum Gasteiger partial charge on any atom is -0.304 e. The van der Waals surface area contributed by atoms with E-state index in [-0.39, 0.29) is 0 Å². The van der Waals surface area contributed by atoms with Crippen molar-refractivity contribution in [2.75, 3.05) is 0 Å². The Bertz CT molecular complexity index is 387. The Morgan fingerprint density at radius 2 is 2.09 bits per heavy atom. The van der Waals surface area contributed by atoms with Gasteiger partial charge in [0.1, 0.15) is 5.82 Å². The molecule has 0 amide bonds. The number of pyridine rings is 1. The van der Waals surface area contributed by atoms with Crippen LogP contribution >= 0.6 is 0 Å². The Morgan fingerprint density at radius 3 is 2.91 bits per heavy atom. The van der Waals surface area contributed by atoms with Gasteiger partial charge in [0.25, 0.3) is 0 Å². The second-order valence-electron chi connectivity index (χ2n) is 2.81. The number of fused-ring (bicyclic) bond motifs is 1. The molecule has 0 aliphatic rings. The van der Waals surface area contributed by atoms with Crippen molar-refractivity contribution in [3.05, 3.63) is 35.9 Å². The molecular formula is C9H10N2. The van der Waals surface area contributed by atoms with Crippen LogP contribution in [0.25, 0.3) is 5.52 Å². The SMILES string of the molecule is Cc1ccc2cnc(C)n2c1. The molecule has 0 spiro atoms. The molecule has 0 atom stereocenters. The third kappa shape index (κ3) is 0.909. The molecule has 2 heteroatoms. The number of imidazole rings is 1. The Kier molecular flexibility index (Phi) is 1.22. The molecule has 2 nitrogen and oxygen atoms in total. The third-order valence-electron chi connectivity index (χ3n) is 1.86. The summed E-state index contributed by atoms with van der Waals surface area (Å²) >= 11 is 0. The molecule has 0 unspecified atom stereocenters. The molecule has 0 saturated carbocycles. The lowest BCUT2D eigenvalue weighted by atomic mass is 10.3. The van der Waals surface area contributed by atoms with E-state index < -0.39 is 0 Å². The highest BCUT2D eigenvalue weighted by Crippen LogP contribution is 2.07. The first-order valence-corrected chi connectivity index (χ1v) is 3.68. The van der Waals surface area contributed by atoms with Gasteiger partial charge in [0.05, 0.1) is 11.7 Å². The van der Waals surface area contributed by atoms with E-state index in [4.69, 9.17) is 0 Å². The van der Waals surface area contributed by atoms with Crippen LogP contribution in [-0.4, -0.2) is 9.38 Å². The number of rotatable bonds is 0. The van der Waals surface area contributed by atoms with Gasteiger partial charge in [0.15, 0.2) is 0 Å². The van der Waals surface area contributed by atoms with Gasteiger partial charge in [-0.15, -0.1) is 0 Å². The van der Waals surface area contributed by atoms with Crippen molar-refractivity contribution >= 4 is 5.52 Å². The van der Waals surface area contributed by atoms with Gasteiger partial charge >= 0.3 is 0 Å². The van der Waals surface area contributed by atoms with Gasteiger partial charge in [-0.25, -0.2) is 4.98 Å². The van der Waals surface area contributed by atoms with Gasteiger partial charge in [0.2, 0.25) is 0 Å². The van der Waals surface area contributed by atoms with Crippen LogP contribution in [0, 0.1) is 13.8 Å². The predicted molar refractivity (Wildman–Crippen MR) is 44.7 cm³/mol. The van der Waals surface area contributed by atoms with E-state index in [0.717, 1.165) is 11.3 Å². The molecule has 0 N–H and O–H groups in total. The molecular weight excluding hydrogens is 136 g/mol. The topological polar surface area (TPSA) is 17.3 Å². The summed E-state index contributed by atoms with van der Waals surface area (Å²) in [5, 5.41) is 0. The maximum Gasteiger partial charge on any atom is 0.110 e. The standard InChI is InChI=1S/C9H10N2/c1-7-3-4-9-5-10-8(2)11(9)6-7/h3-6H,1-2H3. The summed E-state index contributed by atoms with van der Waals surface area (Å²) in [7, 11) is 0. The summed E-state index contributed by atoms with van der Waals surface area (Å²) in [4.78, 5) is 4.20. The van der Waals surface area contributed by atoms with Crippen molar-refractivity contribution in [3.63, 3.8) is 0 Å². The summed E-state index contributed by atoms with van der Waals surface area (Å²) < 4.78 is 2.09. The normalized spacial score (nSPS) is 10.7. The van der Waals surface area contributed by atoms with Crippen molar-refractivity contribution in [2.45, 2.75) is 13.8 Å². The first kappa shape index (κ1) is 6.40. The van der Waals surface area contributed by atoms with Gasteiger partial charge in [-0.2, -0.15) is 0 Å². The zero-order valence-electron chi connectivity index (χ0n) is 6.70. The minimum atomic E-state index is 1.05. The van der Waals surface area contributed by atoms with Crippen LogP contribution in [0.1, 0.15) is 11.4 Å². The van der Waals surface area contributed by atoms with Crippen LogP contribution in [0.5, 0.6) is 0 Å². The second-order valence-corrected chi connectivity index (χ2v) is 2.81. The molecule has 0 aliphatic heterocycles. The molecule has 2 rings (SSSR count). The summed E-state index contributed by atoms with van der Waals surface area (Å²) in [6, 6.07) is 4.17. The largest absolute Gasteiger partial charge is 0.304 e. The van der Waals surface area contributed by atoms with Gasteiger partial charge in [-0.1, -0.05) is 6.07 Å². The molecule has 56 valence electrons. The van der Waals surface area contributed by atoms with E-state index in [0.29, 0.717) is 0 Å². The molecule has 2 heterocycles. The lowest BCUT2D eigenvalue weighted by Gasteiger charge is -1.96. The van der Waals surface area contributed by atoms with Crippen LogP contribution in [-0.2, 0) is 0 Å². The molecule has 11 heavy (non-hydrogen) atoms. The van der Waals surface area contributed by atoms with E-state index in [2.05, 4.69) is 34.6 Å². The smallest absolute Gasteiger partial charge is 0.110 e. The zero-order valence-corrected chi connectivity index (χ0v) is 6.70. The van der Waals surface area contributed by atoms with Crippen molar-refractivity contribution in [1.82, 2.24) is 9.38 Å². The lowest BCUT2D eigenvalue weighted by Crippen LogP contribution is -1.87. The highest BCUT2D eigenvalue weighted by molar-refractivity contribution is 5.46. The Hall–Kier alpha value is -1.31. The molecule has 0 saturated heterocycles. The Morgan fingerprint density at radius 1 is 1.27 bits per heavy atom. The zero-order chi connectivity index (χ0) is 7.84. The maximum absolute atomic E-state index is 4.20. The van der Waals surface area contributed by atoms with Crippen molar-refractivity contribution in [1.29, 1.82) is 0 Å². The van der Waals surface area contributed by atoms with E-state index >= 15 is 0 Å². The minimum absolute atomic E-state index is 1.05. The fourth-order valence-electron chi connectivity index (χ4n) is 1.23. The van der Waals surface area contributed by atoms with Crippen LogP contribution in [0.4, 0.5) is 0 Å². The average Bonchev–Trinajstić information content (AvgIpc) is 2.33. The lowest BCUT2D eigenvalue weighted by molar-refractivity contribution is 1.03. The van der Waals surface area contributed by atoms with Crippen molar-refractivity contribution < 1.29 is 0 Å². The van der Waals surface area contributed by atoms with Crippen LogP contribution in [0.2, 0.25) is 0 Å². The number of aromatic nitrogens is 2. The van der Waals surface area contributed by atoms with Gasteiger partial charge in [-0.05, 0) is 25.5 Å². The summed E-state index contributed by atoms with van der Waals surface area (Å²) in [5.74, 6) is 1.05. The third-order valence-corrected chi connectivity index (χ3v) is 1.86. The summed E-state index contributed by atoms with van der Waals surface area (Å²) in [5.41, 5.74) is 2.42. The summed E-state index contributed by atoms with van der Waals surface area (Å²) in [6.07, 6.45) is 3.98. The van der Waals surface area contributed by atoms with E-state index in [1.165, 1.54) is 5.56 Å². The van der Waals surface area contributed by atoms with Crippen LogP contribution in [0.3, 0.4) is 0 Å². The van der Waals surface area contributed by atoms with Crippen molar-refractivity contribution in [2.24, 2.45) is 0 Å². The highest BCUT2D eigenvalue weighted by Gasteiger charge is 1.96. The first-order valence-electron chi connectivity index (χ1n) is 3.68. The van der Waals surface area contributed by atoms with Crippen LogP contribution < -0.4 is 0 Å². The van der Waals surface area contributed by atoms with Gasteiger partial charge < -0.3 is 4.40 Å². The Labute approximate surface area is 65.5 Å². The summed E-state index contributed by atoms with van der Waals surface area (Å²) in [6.45, 7) is 4.09. The monoisotopic (exact) mass is 146 g/mol. The first-order chi connectivity index (χ1) is 5.27. The second kappa shape index (κ2) is 2.09. The van der Waals surface area contributed by atoms with E-state index in [1.807, 2.05) is 13.1 Å². The van der Waals surface area contributed by atoms with Crippen LogP contribution in [0.15, 0.2) is 24.5 Å². The molecule has 0 aliphatic carbocycles. The maximum atomic E-state index is 4.20. The van der Waals surface area contributed by atoms with E-state index in [1.54, 1.807) is 0 Å². The fourth-order valence-corrected chi connectivity index (χ4v) is 1.23. The molecule has 2 aromatic rings. The van der Waals surface area contributed by atoms with E-state index in [9.17, 15) is 0 Å². The average molecular weight is 146 g/mol. The number of hydrogen-bond donors (Lipinski definition) is 0. The molecule has 2 aromatic heterocycles. The predicted octanol–water partition coefficient (Wildman–Crippen LogP) is 1.95.